The van der Waals surface area contributed by atoms with Crippen molar-refractivity contribution in [1.29, 1.82) is 5.26 Å². The van der Waals surface area contributed by atoms with Crippen molar-refractivity contribution < 1.29 is 19.5 Å². The summed E-state index contributed by atoms with van der Waals surface area (Å²) in [7, 11) is 0. The Morgan fingerprint density at radius 3 is 2.43 bits per heavy atom. The van der Waals surface area contributed by atoms with Gasteiger partial charge in [-0.3, -0.25) is 14.4 Å². The van der Waals surface area contributed by atoms with Gasteiger partial charge in [0.2, 0.25) is 5.91 Å². The maximum Gasteiger partial charge on any atom is 0.305 e. The first kappa shape index (κ1) is 17.7. The molecule has 0 spiro atoms. The minimum atomic E-state index is -1.01. The van der Waals surface area contributed by atoms with Crippen molar-refractivity contribution in [2.75, 3.05) is 17.2 Å². The molecule has 0 fully saturated rings. The number of nitrogens with two attached hydrogens (primary N) is 1. The lowest BCUT2D eigenvalue weighted by Crippen LogP contribution is -2.36. The lowest BCUT2D eigenvalue weighted by Gasteiger charge is -2.19. The summed E-state index contributed by atoms with van der Waals surface area (Å²) in [6, 6.07) is 7.72. The lowest BCUT2D eigenvalue weighted by molar-refractivity contribution is -0.136. The number of aliphatic carboxylic acids is 1. The number of anilines is 2. The largest absolute Gasteiger partial charge is 0.481 e. The zero-order chi connectivity index (χ0) is 17.4. The van der Waals surface area contributed by atoms with E-state index >= 15 is 0 Å². The quantitative estimate of drug-likeness (QED) is 0.303. The van der Waals surface area contributed by atoms with Crippen LogP contribution in [0.3, 0.4) is 0 Å². The van der Waals surface area contributed by atoms with E-state index in [0.717, 1.165) is 11.1 Å². The molecule has 0 saturated carbocycles. The maximum atomic E-state index is 12.4. The van der Waals surface area contributed by atoms with Crippen LogP contribution < -0.4 is 16.0 Å². The molecule has 0 heterocycles. The third kappa shape index (κ3) is 5.17. The van der Waals surface area contributed by atoms with E-state index in [1.54, 1.807) is 6.07 Å². The van der Waals surface area contributed by atoms with Gasteiger partial charge in [0.25, 0.3) is 5.91 Å². The van der Waals surface area contributed by atoms with Gasteiger partial charge in [-0.15, -0.1) is 0 Å². The van der Waals surface area contributed by atoms with Crippen LogP contribution in [0.2, 0.25) is 0 Å². The molecule has 0 aromatic heterocycles. The van der Waals surface area contributed by atoms with Crippen molar-refractivity contribution in [3.63, 3.8) is 0 Å². The van der Waals surface area contributed by atoms with Gasteiger partial charge in [-0.2, -0.15) is 5.26 Å². The average molecular weight is 316 g/mol. The van der Waals surface area contributed by atoms with Gasteiger partial charge >= 0.3 is 5.97 Å². The summed E-state index contributed by atoms with van der Waals surface area (Å²) in [6.45, 7) is 1.25. The molecule has 1 aromatic rings. The van der Waals surface area contributed by atoms with Gasteiger partial charge in [-0.1, -0.05) is 0 Å². The molecular weight excluding hydrogens is 300 g/mol. The fourth-order valence-corrected chi connectivity index (χ4v) is 1.68. The highest BCUT2D eigenvalue weighted by Crippen LogP contribution is 2.18. The molecule has 8 nitrogen and oxygen atoms in total. The van der Waals surface area contributed by atoms with Crippen LogP contribution in [0, 0.1) is 11.3 Å². The van der Waals surface area contributed by atoms with Crippen molar-refractivity contribution in [1.82, 2.24) is 5.32 Å². The van der Waals surface area contributed by atoms with Gasteiger partial charge in [-0.05, 0) is 24.3 Å². The summed E-state index contributed by atoms with van der Waals surface area (Å²) in [5, 5.41) is 20.2. The first-order valence-corrected chi connectivity index (χ1v) is 6.62. The predicted octanol–water partition coefficient (Wildman–Crippen LogP) is 0.620. The molecular formula is C15H16N4O4. The van der Waals surface area contributed by atoms with E-state index < -0.39 is 17.8 Å². The number of nitrogen functional groups attached to an aromatic ring is 1. The highest BCUT2D eigenvalue weighted by atomic mass is 16.4. The Morgan fingerprint density at radius 1 is 1.35 bits per heavy atom. The molecule has 4 N–H and O–H groups in total. The van der Waals surface area contributed by atoms with Gasteiger partial charge < -0.3 is 16.2 Å². The van der Waals surface area contributed by atoms with Crippen molar-refractivity contribution in [3.05, 3.63) is 36.0 Å². The summed E-state index contributed by atoms with van der Waals surface area (Å²) < 4.78 is 0. The number of benzene rings is 1. The minimum absolute atomic E-state index is 0.0513. The molecule has 1 aromatic carbocycles. The molecule has 0 saturated heterocycles. The number of carbonyl (C=O) groups is 3. The van der Waals surface area contributed by atoms with E-state index in [2.05, 4.69) is 5.32 Å². The molecule has 0 aliphatic heterocycles. The Hall–Kier alpha value is -3.34. The van der Waals surface area contributed by atoms with E-state index in [0.29, 0.717) is 5.69 Å². The van der Waals surface area contributed by atoms with Gasteiger partial charge in [-0.25, -0.2) is 4.90 Å². The van der Waals surface area contributed by atoms with Crippen LogP contribution in [0.5, 0.6) is 0 Å². The van der Waals surface area contributed by atoms with Crippen LogP contribution in [0.1, 0.15) is 13.3 Å². The Morgan fingerprint density at radius 2 is 1.96 bits per heavy atom. The SMILES string of the molecule is CC(=O)N(C(=O)/C(C#N)=C\NCCC(=O)O)c1ccc(N)cc1. The zero-order valence-electron chi connectivity index (χ0n) is 12.4. The first-order chi connectivity index (χ1) is 10.9. The fourth-order valence-electron chi connectivity index (χ4n) is 1.68. The van der Waals surface area contributed by atoms with Crippen LogP contribution in [0.25, 0.3) is 0 Å². The molecule has 0 bridgehead atoms. The fraction of sp³-hybridized carbons (Fsp3) is 0.200. The van der Waals surface area contributed by atoms with Gasteiger partial charge in [0.15, 0.2) is 0 Å². The third-order valence-electron chi connectivity index (χ3n) is 2.75. The van der Waals surface area contributed by atoms with Gasteiger partial charge in [0.1, 0.15) is 11.6 Å². The molecule has 120 valence electrons. The number of carboxylic acid groups (broad SMARTS) is 1. The molecule has 0 unspecified atom stereocenters. The molecule has 23 heavy (non-hydrogen) atoms. The lowest BCUT2D eigenvalue weighted by atomic mass is 10.2. The van der Waals surface area contributed by atoms with E-state index in [-0.39, 0.29) is 24.2 Å². The second-order valence-corrected chi connectivity index (χ2v) is 4.52. The standard InChI is InChI=1S/C15H16N4O4/c1-10(20)19(13-4-2-12(17)3-5-13)15(23)11(8-16)9-18-7-6-14(21)22/h2-5,9,18H,6-7,17H2,1H3,(H,21,22)/b11-9-. The monoisotopic (exact) mass is 316 g/mol. The summed E-state index contributed by atoms with van der Waals surface area (Å²) in [5.74, 6) is -2.39. The molecule has 2 amide bonds. The number of rotatable bonds is 6. The van der Waals surface area contributed by atoms with Crippen LogP contribution >= 0.6 is 0 Å². The van der Waals surface area contributed by atoms with Crippen LogP contribution in [0.4, 0.5) is 11.4 Å². The number of carboxylic acids is 1. The Labute approximate surface area is 132 Å². The summed E-state index contributed by atoms with van der Waals surface area (Å²) in [4.78, 5) is 35.3. The number of nitrogens with one attached hydrogen (secondary N) is 1. The van der Waals surface area contributed by atoms with Crippen molar-refractivity contribution >= 4 is 29.2 Å². The summed E-state index contributed by atoms with van der Waals surface area (Å²) >= 11 is 0. The molecule has 1 rings (SSSR count). The maximum absolute atomic E-state index is 12.4. The molecule has 0 aliphatic carbocycles. The number of imide groups is 1. The van der Waals surface area contributed by atoms with E-state index in [1.807, 2.05) is 0 Å². The third-order valence-corrected chi connectivity index (χ3v) is 2.75. The summed E-state index contributed by atoms with van der Waals surface area (Å²) in [5.41, 5.74) is 5.99. The Balaban J connectivity index is 2.97. The molecule has 8 heteroatoms. The Kier molecular flexibility index (Phi) is 6.30. The van der Waals surface area contributed by atoms with Crippen LogP contribution in [-0.4, -0.2) is 29.4 Å². The first-order valence-electron chi connectivity index (χ1n) is 6.62. The van der Waals surface area contributed by atoms with Crippen LogP contribution in [-0.2, 0) is 14.4 Å². The topological polar surface area (TPSA) is 137 Å². The van der Waals surface area contributed by atoms with E-state index in [4.69, 9.17) is 16.1 Å². The average Bonchev–Trinajstić information content (AvgIpc) is 2.48. The number of carbonyl (C=O) groups excluding carboxylic acids is 2. The number of amides is 2. The highest BCUT2D eigenvalue weighted by molar-refractivity contribution is 6.21. The second-order valence-electron chi connectivity index (χ2n) is 4.52. The normalized spacial score (nSPS) is 10.5. The number of nitriles is 1. The van der Waals surface area contributed by atoms with Gasteiger partial charge in [0, 0.05) is 25.4 Å². The molecule has 0 aliphatic rings. The second kappa shape index (κ2) is 8.19. The van der Waals surface area contributed by atoms with Crippen molar-refractivity contribution in [3.8, 4) is 6.07 Å². The van der Waals surface area contributed by atoms with E-state index in [9.17, 15) is 14.4 Å². The number of hydrogen-bond donors (Lipinski definition) is 3. The van der Waals surface area contributed by atoms with Gasteiger partial charge in [0.05, 0.1) is 12.1 Å². The minimum Gasteiger partial charge on any atom is -0.481 e. The Bertz CT molecular complexity index is 674. The number of nitrogens with zero attached hydrogens (tertiary/aromatic N) is 2. The number of hydrogen-bond acceptors (Lipinski definition) is 6. The predicted molar refractivity (Wildman–Crippen MR) is 83.0 cm³/mol. The molecule has 0 radical (unpaired) electrons. The van der Waals surface area contributed by atoms with Crippen LogP contribution in [0.15, 0.2) is 36.0 Å². The van der Waals surface area contributed by atoms with E-state index in [1.165, 1.54) is 31.2 Å². The smallest absolute Gasteiger partial charge is 0.305 e. The summed E-state index contributed by atoms with van der Waals surface area (Å²) in [6.07, 6.45) is 0.927. The highest BCUT2D eigenvalue weighted by Gasteiger charge is 2.23. The molecule has 0 atom stereocenters. The van der Waals surface area contributed by atoms with Crippen molar-refractivity contribution in [2.24, 2.45) is 0 Å². The van der Waals surface area contributed by atoms with Crippen molar-refractivity contribution in [2.45, 2.75) is 13.3 Å². The zero-order valence-corrected chi connectivity index (χ0v) is 12.4.